The number of nitriles is 1. The number of halogens is 2. The Balaban J connectivity index is 1.74. The van der Waals surface area contributed by atoms with Gasteiger partial charge in [-0.05, 0) is 36.4 Å². The Morgan fingerprint density at radius 3 is 2.62 bits per heavy atom. The van der Waals surface area contributed by atoms with Crippen molar-refractivity contribution in [3.05, 3.63) is 82.8 Å². The van der Waals surface area contributed by atoms with E-state index in [1.54, 1.807) is 36.4 Å². The van der Waals surface area contributed by atoms with Crippen molar-refractivity contribution in [1.82, 2.24) is 4.98 Å². The third kappa shape index (κ3) is 3.79. The number of aromatic nitrogens is 1. The molecule has 128 valence electrons. The van der Waals surface area contributed by atoms with Crippen LogP contribution in [-0.2, 0) is 0 Å². The standard InChI is InChI=1S/C19H12ClFN4O/c20-14-5-3-6-15(21)18(14)19(26)24-13-8-9-17(23-11-13)25-16-7-2-1-4-12(16)10-22/h1-9,11H,(H,23,25)(H,24,26). The lowest BCUT2D eigenvalue weighted by Crippen LogP contribution is -2.14. The van der Waals surface area contributed by atoms with Crippen molar-refractivity contribution in [3.63, 3.8) is 0 Å². The highest BCUT2D eigenvalue weighted by molar-refractivity contribution is 6.34. The van der Waals surface area contributed by atoms with Crippen molar-refractivity contribution in [2.75, 3.05) is 10.6 Å². The second kappa shape index (κ2) is 7.64. The highest BCUT2D eigenvalue weighted by Gasteiger charge is 2.16. The number of nitrogens with zero attached hydrogens (tertiary/aromatic N) is 2. The summed E-state index contributed by atoms with van der Waals surface area (Å²) in [4.78, 5) is 16.4. The summed E-state index contributed by atoms with van der Waals surface area (Å²) in [7, 11) is 0. The Bertz CT molecular complexity index is 979. The SMILES string of the molecule is N#Cc1ccccc1Nc1ccc(NC(=O)c2c(F)cccc2Cl)cn1. The first-order chi connectivity index (χ1) is 12.6. The predicted molar refractivity (Wildman–Crippen MR) is 98.0 cm³/mol. The van der Waals surface area contributed by atoms with E-state index in [0.29, 0.717) is 22.8 Å². The maximum Gasteiger partial charge on any atom is 0.260 e. The van der Waals surface area contributed by atoms with Gasteiger partial charge in [-0.2, -0.15) is 5.26 Å². The molecule has 0 fully saturated rings. The van der Waals surface area contributed by atoms with Gasteiger partial charge in [-0.15, -0.1) is 0 Å². The Morgan fingerprint density at radius 2 is 1.92 bits per heavy atom. The van der Waals surface area contributed by atoms with E-state index in [-0.39, 0.29) is 10.6 Å². The van der Waals surface area contributed by atoms with E-state index in [9.17, 15) is 9.18 Å². The van der Waals surface area contributed by atoms with Crippen LogP contribution in [0.25, 0.3) is 0 Å². The second-order valence-electron chi connectivity index (χ2n) is 5.27. The number of hydrogen-bond acceptors (Lipinski definition) is 4. The van der Waals surface area contributed by atoms with Gasteiger partial charge in [-0.25, -0.2) is 9.37 Å². The average Bonchev–Trinajstić information content (AvgIpc) is 2.63. The maximum atomic E-state index is 13.8. The molecule has 1 amide bonds. The average molecular weight is 367 g/mol. The zero-order chi connectivity index (χ0) is 18.5. The Kier molecular flexibility index (Phi) is 5.11. The van der Waals surface area contributed by atoms with Gasteiger partial charge in [0.2, 0.25) is 0 Å². The summed E-state index contributed by atoms with van der Waals surface area (Å²) in [6.07, 6.45) is 1.42. The molecular formula is C19H12ClFN4O. The summed E-state index contributed by atoms with van der Waals surface area (Å²) < 4.78 is 13.8. The minimum Gasteiger partial charge on any atom is -0.339 e. The number of benzene rings is 2. The number of nitrogens with one attached hydrogen (secondary N) is 2. The Hall–Kier alpha value is -3.43. The van der Waals surface area contributed by atoms with Crippen LogP contribution in [0.2, 0.25) is 5.02 Å². The van der Waals surface area contributed by atoms with E-state index < -0.39 is 11.7 Å². The van der Waals surface area contributed by atoms with Crippen molar-refractivity contribution >= 4 is 34.7 Å². The van der Waals surface area contributed by atoms with Crippen LogP contribution in [0.1, 0.15) is 15.9 Å². The summed E-state index contributed by atoms with van der Waals surface area (Å²) in [5, 5.41) is 14.7. The lowest BCUT2D eigenvalue weighted by molar-refractivity contribution is 0.102. The van der Waals surface area contributed by atoms with E-state index in [1.165, 1.54) is 24.4 Å². The number of rotatable bonds is 4. The molecule has 0 spiro atoms. The first-order valence-electron chi connectivity index (χ1n) is 7.56. The van der Waals surface area contributed by atoms with Gasteiger partial charge in [-0.1, -0.05) is 29.8 Å². The Labute approximate surface area is 154 Å². The molecule has 2 N–H and O–H groups in total. The van der Waals surface area contributed by atoms with Crippen LogP contribution in [-0.4, -0.2) is 10.9 Å². The molecule has 1 aromatic heterocycles. The minimum atomic E-state index is -0.700. The monoisotopic (exact) mass is 366 g/mol. The van der Waals surface area contributed by atoms with Crippen LogP contribution in [0.15, 0.2) is 60.8 Å². The molecular weight excluding hydrogens is 355 g/mol. The number of amides is 1. The first kappa shape index (κ1) is 17.4. The highest BCUT2D eigenvalue weighted by atomic mass is 35.5. The third-order valence-electron chi connectivity index (χ3n) is 3.52. The number of para-hydroxylation sites is 1. The maximum absolute atomic E-state index is 13.8. The van der Waals surface area contributed by atoms with Crippen LogP contribution >= 0.6 is 11.6 Å². The summed E-state index contributed by atoms with van der Waals surface area (Å²) in [5.41, 5.74) is 1.27. The largest absolute Gasteiger partial charge is 0.339 e. The molecule has 3 rings (SSSR count). The number of anilines is 3. The van der Waals surface area contributed by atoms with E-state index in [4.69, 9.17) is 16.9 Å². The van der Waals surface area contributed by atoms with Crippen LogP contribution in [0.4, 0.5) is 21.6 Å². The fourth-order valence-electron chi connectivity index (χ4n) is 2.28. The molecule has 0 atom stereocenters. The number of pyridine rings is 1. The third-order valence-corrected chi connectivity index (χ3v) is 3.84. The summed E-state index contributed by atoms with van der Waals surface area (Å²) in [6.45, 7) is 0. The van der Waals surface area contributed by atoms with E-state index in [2.05, 4.69) is 21.7 Å². The van der Waals surface area contributed by atoms with Crippen molar-refractivity contribution in [3.8, 4) is 6.07 Å². The number of carbonyl (C=O) groups excluding carboxylic acids is 1. The molecule has 2 aromatic carbocycles. The van der Waals surface area contributed by atoms with E-state index >= 15 is 0 Å². The zero-order valence-electron chi connectivity index (χ0n) is 13.3. The molecule has 0 aliphatic carbocycles. The van der Waals surface area contributed by atoms with Crippen LogP contribution in [0, 0.1) is 17.1 Å². The molecule has 3 aromatic rings. The quantitative estimate of drug-likeness (QED) is 0.699. The Morgan fingerprint density at radius 1 is 1.12 bits per heavy atom. The van der Waals surface area contributed by atoms with Gasteiger partial charge in [0, 0.05) is 0 Å². The first-order valence-corrected chi connectivity index (χ1v) is 7.94. The van der Waals surface area contributed by atoms with Crippen LogP contribution < -0.4 is 10.6 Å². The molecule has 0 aliphatic heterocycles. The van der Waals surface area contributed by atoms with Gasteiger partial charge < -0.3 is 10.6 Å². The van der Waals surface area contributed by atoms with Gasteiger partial charge in [0.05, 0.1) is 33.7 Å². The van der Waals surface area contributed by atoms with Crippen molar-refractivity contribution in [1.29, 1.82) is 5.26 Å². The normalized spacial score (nSPS) is 10.0. The smallest absolute Gasteiger partial charge is 0.260 e. The molecule has 0 bridgehead atoms. The van der Waals surface area contributed by atoms with Crippen LogP contribution in [0.3, 0.4) is 0 Å². The number of hydrogen-bond donors (Lipinski definition) is 2. The molecule has 26 heavy (non-hydrogen) atoms. The fourth-order valence-corrected chi connectivity index (χ4v) is 2.53. The minimum absolute atomic E-state index is 0.0295. The molecule has 0 saturated carbocycles. The fraction of sp³-hybridized carbons (Fsp3) is 0. The van der Waals surface area contributed by atoms with Crippen LogP contribution in [0.5, 0.6) is 0 Å². The summed E-state index contributed by atoms with van der Waals surface area (Å²) >= 11 is 5.88. The predicted octanol–water partition coefficient (Wildman–Crippen LogP) is 4.74. The number of carbonyl (C=O) groups is 1. The van der Waals surface area contributed by atoms with E-state index in [1.807, 2.05) is 0 Å². The highest BCUT2D eigenvalue weighted by Crippen LogP contribution is 2.22. The molecule has 0 unspecified atom stereocenters. The van der Waals surface area contributed by atoms with Gasteiger partial charge >= 0.3 is 0 Å². The van der Waals surface area contributed by atoms with Crippen molar-refractivity contribution in [2.24, 2.45) is 0 Å². The molecule has 1 heterocycles. The van der Waals surface area contributed by atoms with Crippen molar-refractivity contribution in [2.45, 2.75) is 0 Å². The van der Waals surface area contributed by atoms with Gasteiger partial charge in [0.25, 0.3) is 5.91 Å². The van der Waals surface area contributed by atoms with Gasteiger partial charge in [0.1, 0.15) is 17.7 Å². The molecule has 7 heteroatoms. The summed E-state index contributed by atoms with van der Waals surface area (Å²) in [5.74, 6) is -0.866. The zero-order valence-corrected chi connectivity index (χ0v) is 14.1. The van der Waals surface area contributed by atoms with Gasteiger partial charge in [0.15, 0.2) is 0 Å². The topological polar surface area (TPSA) is 77.8 Å². The molecule has 0 aliphatic rings. The van der Waals surface area contributed by atoms with E-state index in [0.717, 1.165) is 0 Å². The summed E-state index contributed by atoms with van der Waals surface area (Å²) in [6, 6.07) is 16.4. The lowest BCUT2D eigenvalue weighted by Gasteiger charge is -2.10. The second-order valence-corrected chi connectivity index (χ2v) is 5.67. The van der Waals surface area contributed by atoms with Crippen molar-refractivity contribution < 1.29 is 9.18 Å². The lowest BCUT2D eigenvalue weighted by atomic mass is 10.2. The van der Waals surface area contributed by atoms with Gasteiger partial charge in [-0.3, -0.25) is 4.79 Å². The molecule has 5 nitrogen and oxygen atoms in total. The molecule has 0 saturated heterocycles. The molecule has 0 radical (unpaired) electrons.